The molecule has 7 heteroatoms. The first kappa shape index (κ1) is 21.5. The lowest BCUT2D eigenvalue weighted by Crippen LogP contribution is -2.36. The fraction of sp³-hybridized carbons (Fsp3) is 0.280. The third-order valence-electron chi connectivity index (χ3n) is 5.77. The monoisotopic (exact) mass is 430 g/mol. The van der Waals surface area contributed by atoms with Gasteiger partial charge in [-0.25, -0.2) is 4.68 Å². The molecule has 1 saturated heterocycles. The van der Waals surface area contributed by atoms with Gasteiger partial charge in [-0.05, 0) is 57.4 Å². The molecule has 1 fully saturated rings. The Morgan fingerprint density at radius 2 is 1.53 bits per heavy atom. The fourth-order valence-electron chi connectivity index (χ4n) is 4.13. The summed E-state index contributed by atoms with van der Waals surface area (Å²) >= 11 is 0. The Hall–Kier alpha value is -3.74. The summed E-state index contributed by atoms with van der Waals surface area (Å²) in [4.78, 5) is 40.7. The molecule has 2 heterocycles. The van der Waals surface area contributed by atoms with Crippen molar-refractivity contribution >= 4 is 23.3 Å². The third kappa shape index (κ3) is 4.19. The summed E-state index contributed by atoms with van der Waals surface area (Å²) < 4.78 is 1.66. The molecule has 7 nitrogen and oxygen atoms in total. The Morgan fingerprint density at radius 3 is 2.25 bits per heavy atom. The van der Waals surface area contributed by atoms with Crippen molar-refractivity contribution in [2.45, 2.75) is 33.1 Å². The van der Waals surface area contributed by atoms with Crippen LogP contribution in [0, 0.1) is 13.8 Å². The first-order chi connectivity index (χ1) is 15.5. The summed E-state index contributed by atoms with van der Waals surface area (Å²) in [5.41, 5.74) is 2.88. The number of nitrogens with one attached hydrogen (secondary N) is 1. The van der Waals surface area contributed by atoms with Crippen LogP contribution in [0.4, 0.5) is 5.69 Å². The summed E-state index contributed by atoms with van der Waals surface area (Å²) in [7, 11) is 0. The minimum Gasteiger partial charge on any atom is -0.339 e. The molecule has 32 heavy (non-hydrogen) atoms. The highest BCUT2D eigenvalue weighted by Crippen LogP contribution is 2.22. The minimum absolute atomic E-state index is 0.127. The zero-order chi connectivity index (χ0) is 22.7. The molecule has 4 rings (SSSR count). The molecular formula is C25H26N4O3. The maximum absolute atomic E-state index is 13.1. The highest BCUT2D eigenvalue weighted by molar-refractivity contribution is 6.47. The number of aryl methyl sites for hydroxylation is 1. The molecule has 0 aliphatic carbocycles. The number of Topliss-reactive ketones (excluding diaryl/α,β-unsaturated/α-hetero) is 1. The number of nitrogens with zero attached hydrogens (tertiary/aromatic N) is 3. The van der Waals surface area contributed by atoms with Gasteiger partial charge < -0.3 is 10.2 Å². The lowest BCUT2D eigenvalue weighted by Gasteiger charge is -2.27. The molecule has 3 aromatic rings. The van der Waals surface area contributed by atoms with Crippen molar-refractivity contribution in [2.75, 3.05) is 18.4 Å². The lowest BCUT2D eigenvalue weighted by atomic mass is 10.1. The fourth-order valence-corrected chi connectivity index (χ4v) is 4.13. The zero-order valence-corrected chi connectivity index (χ0v) is 18.3. The average Bonchev–Trinajstić information content (AvgIpc) is 3.13. The van der Waals surface area contributed by atoms with Crippen LogP contribution < -0.4 is 5.32 Å². The molecule has 2 amide bonds. The second kappa shape index (κ2) is 9.18. The van der Waals surface area contributed by atoms with Crippen molar-refractivity contribution in [2.24, 2.45) is 0 Å². The normalized spacial score (nSPS) is 13.6. The van der Waals surface area contributed by atoms with Crippen molar-refractivity contribution in [3.8, 4) is 5.69 Å². The molecule has 1 aliphatic rings. The second-order valence-corrected chi connectivity index (χ2v) is 7.97. The topological polar surface area (TPSA) is 84.3 Å². The maximum atomic E-state index is 13.1. The molecule has 1 N–H and O–H groups in total. The van der Waals surface area contributed by atoms with E-state index in [2.05, 4.69) is 10.4 Å². The van der Waals surface area contributed by atoms with Gasteiger partial charge in [0.25, 0.3) is 17.6 Å². The van der Waals surface area contributed by atoms with Crippen LogP contribution in [0.3, 0.4) is 0 Å². The van der Waals surface area contributed by atoms with Gasteiger partial charge in [0.1, 0.15) is 0 Å². The van der Waals surface area contributed by atoms with E-state index in [1.807, 2.05) is 30.3 Å². The first-order valence-electron chi connectivity index (χ1n) is 10.8. The molecule has 1 aliphatic heterocycles. The van der Waals surface area contributed by atoms with E-state index in [1.165, 1.54) is 0 Å². The first-order valence-corrected chi connectivity index (χ1v) is 10.8. The van der Waals surface area contributed by atoms with Crippen molar-refractivity contribution in [3.05, 3.63) is 77.1 Å². The number of likely N-dealkylation sites (tertiary alicyclic amines) is 1. The van der Waals surface area contributed by atoms with E-state index in [4.69, 9.17) is 0 Å². The van der Waals surface area contributed by atoms with E-state index in [-0.39, 0.29) is 11.5 Å². The number of piperidine rings is 1. The van der Waals surface area contributed by atoms with Gasteiger partial charge in [0.05, 0.1) is 33.9 Å². The van der Waals surface area contributed by atoms with Crippen LogP contribution >= 0.6 is 0 Å². The Bertz CT molecular complexity index is 1160. The van der Waals surface area contributed by atoms with E-state index in [0.717, 1.165) is 24.9 Å². The average molecular weight is 431 g/mol. The van der Waals surface area contributed by atoms with Crippen LogP contribution in [0.25, 0.3) is 5.69 Å². The van der Waals surface area contributed by atoms with E-state index in [9.17, 15) is 14.4 Å². The van der Waals surface area contributed by atoms with Gasteiger partial charge in [-0.1, -0.05) is 30.3 Å². The Morgan fingerprint density at radius 1 is 0.875 bits per heavy atom. The SMILES string of the molecule is Cc1nn(-c2ccccc2)c(C)c1C(=O)C(=O)Nc1ccccc1C(=O)N1CCCCC1. The van der Waals surface area contributed by atoms with E-state index >= 15 is 0 Å². The van der Waals surface area contributed by atoms with Crippen LogP contribution in [0.5, 0.6) is 0 Å². The molecule has 0 saturated carbocycles. The summed E-state index contributed by atoms with van der Waals surface area (Å²) in [6.45, 7) is 4.89. The predicted molar refractivity (Wildman–Crippen MR) is 122 cm³/mol. The van der Waals surface area contributed by atoms with Gasteiger partial charge in [-0.3, -0.25) is 14.4 Å². The van der Waals surface area contributed by atoms with Gasteiger partial charge in [0.15, 0.2) is 0 Å². The minimum atomic E-state index is -0.789. The Balaban J connectivity index is 1.58. The highest BCUT2D eigenvalue weighted by atomic mass is 16.2. The van der Waals surface area contributed by atoms with Gasteiger partial charge in [-0.2, -0.15) is 5.10 Å². The van der Waals surface area contributed by atoms with E-state index in [0.29, 0.717) is 35.7 Å². The van der Waals surface area contributed by atoms with Crippen LogP contribution in [0.2, 0.25) is 0 Å². The number of hydrogen-bond donors (Lipinski definition) is 1. The number of carbonyl (C=O) groups excluding carboxylic acids is 3. The third-order valence-corrected chi connectivity index (χ3v) is 5.77. The van der Waals surface area contributed by atoms with Crippen molar-refractivity contribution in [1.29, 1.82) is 0 Å². The van der Waals surface area contributed by atoms with Crippen molar-refractivity contribution in [1.82, 2.24) is 14.7 Å². The standard InChI is InChI=1S/C25H26N4O3/c1-17-22(18(2)29(27-17)19-11-5-3-6-12-19)23(30)24(31)26-21-14-8-7-13-20(21)25(32)28-15-9-4-10-16-28/h3,5-8,11-14H,4,9-10,15-16H2,1-2H3,(H,26,31). The van der Waals surface area contributed by atoms with Gasteiger partial charge >= 0.3 is 0 Å². The molecule has 0 radical (unpaired) electrons. The van der Waals surface area contributed by atoms with Gasteiger partial charge in [0, 0.05) is 13.1 Å². The summed E-state index contributed by atoms with van der Waals surface area (Å²) in [5.74, 6) is -1.59. The molecule has 0 bridgehead atoms. The maximum Gasteiger partial charge on any atom is 0.296 e. The predicted octanol–water partition coefficient (Wildman–Crippen LogP) is 3.94. The number of aromatic nitrogens is 2. The molecule has 1 aromatic heterocycles. The zero-order valence-electron chi connectivity index (χ0n) is 18.3. The molecule has 2 aromatic carbocycles. The van der Waals surface area contributed by atoms with Crippen LogP contribution in [0.1, 0.15) is 51.4 Å². The van der Waals surface area contributed by atoms with Crippen LogP contribution in [-0.4, -0.2) is 45.4 Å². The Labute approximate surface area is 187 Å². The quantitative estimate of drug-likeness (QED) is 0.491. The molecule has 0 atom stereocenters. The number of amides is 2. The van der Waals surface area contributed by atoms with Crippen molar-refractivity contribution in [3.63, 3.8) is 0 Å². The number of benzene rings is 2. The molecule has 0 spiro atoms. The summed E-state index contributed by atoms with van der Waals surface area (Å²) in [5, 5.41) is 7.11. The number of hydrogen-bond acceptors (Lipinski definition) is 4. The van der Waals surface area contributed by atoms with Gasteiger partial charge in [-0.15, -0.1) is 0 Å². The number of rotatable bonds is 5. The van der Waals surface area contributed by atoms with E-state index in [1.54, 1.807) is 47.7 Å². The number of para-hydroxylation sites is 2. The van der Waals surface area contributed by atoms with Gasteiger partial charge in [0.2, 0.25) is 0 Å². The smallest absolute Gasteiger partial charge is 0.296 e. The largest absolute Gasteiger partial charge is 0.339 e. The number of anilines is 1. The lowest BCUT2D eigenvalue weighted by molar-refractivity contribution is -0.112. The highest BCUT2D eigenvalue weighted by Gasteiger charge is 2.27. The summed E-state index contributed by atoms with van der Waals surface area (Å²) in [6.07, 6.45) is 3.07. The second-order valence-electron chi connectivity index (χ2n) is 7.97. The number of carbonyl (C=O) groups is 3. The van der Waals surface area contributed by atoms with Crippen molar-refractivity contribution < 1.29 is 14.4 Å². The van der Waals surface area contributed by atoms with Crippen LogP contribution in [0.15, 0.2) is 54.6 Å². The molecular weight excluding hydrogens is 404 g/mol. The number of ketones is 1. The molecule has 0 unspecified atom stereocenters. The Kier molecular flexibility index (Phi) is 6.16. The molecule has 164 valence electrons. The van der Waals surface area contributed by atoms with E-state index < -0.39 is 11.7 Å². The van der Waals surface area contributed by atoms with Crippen LogP contribution in [-0.2, 0) is 4.79 Å². The summed E-state index contributed by atoms with van der Waals surface area (Å²) in [6, 6.07) is 16.3.